The Hall–Kier alpha value is -3.95. The lowest BCUT2D eigenvalue weighted by Crippen LogP contribution is -2.29. The molecule has 39 heavy (non-hydrogen) atoms. The molecule has 2 aromatic carbocycles. The predicted molar refractivity (Wildman–Crippen MR) is 150 cm³/mol. The van der Waals surface area contributed by atoms with Crippen LogP contribution in [0.1, 0.15) is 52.3 Å². The summed E-state index contributed by atoms with van der Waals surface area (Å²) < 4.78 is 10.8. The number of amides is 1. The maximum Gasteiger partial charge on any atom is 0.350 e. The normalized spacial score (nSPS) is 16.4. The SMILES string of the molecule is C=CCOC(=O)c1sc(N2C(=O)C(=O)C(=C(O)c3ccc(OCCCC)cc3)[C@H]2c2cccc(Cl)c2)nc1C. The summed E-state index contributed by atoms with van der Waals surface area (Å²) in [6.07, 6.45) is 3.35. The minimum absolute atomic E-state index is 0.0149. The zero-order valence-corrected chi connectivity index (χ0v) is 23.1. The molecule has 202 valence electrons. The molecule has 0 bridgehead atoms. The van der Waals surface area contributed by atoms with Crippen molar-refractivity contribution in [1.29, 1.82) is 0 Å². The molecule has 1 atom stereocenters. The number of nitrogens with zero attached hydrogens (tertiary/aromatic N) is 2. The third-order valence-electron chi connectivity index (χ3n) is 6.01. The van der Waals surface area contributed by atoms with Crippen molar-refractivity contribution in [2.24, 2.45) is 0 Å². The van der Waals surface area contributed by atoms with Gasteiger partial charge in [-0.05, 0) is 55.3 Å². The van der Waals surface area contributed by atoms with Crippen molar-refractivity contribution >= 4 is 51.5 Å². The number of hydrogen-bond acceptors (Lipinski definition) is 8. The number of Topliss-reactive ketones (excluding diaryl/α,β-unsaturated/α-hetero) is 1. The number of esters is 1. The second-order valence-electron chi connectivity index (χ2n) is 8.75. The van der Waals surface area contributed by atoms with E-state index in [1.807, 2.05) is 0 Å². The Morgan fingerprint density at radius 1 is 1.23 bits per heavy atom. The summed E-state index contributed by atoms with van der Waals surface area (Å²) >= 11 is 7.18. The van der Waals surface area contributed by atoms with Crippen molar-refractivity contribution < 1.29 is 29.0 Å². The van der Waals surface area contributed by atoms with Crippen LogP contribution in [0.2, 0.25) is 5.02 Å². The Balaban J connectivity index is 1.80. The fraction of sp³-hybridized carbons (Fsp3) is 0.241. The highest BCUT2D eigenvalue weighted by atomic mass is 35.5. The molecule has 1 saturated heterocycles. The Morgan fingerprint density at radius 3 is 2.64 bits per heavy atom. The first-order valence-electron chi connectivity index (χ1n) is 12.3. The highest BCUT2D eigenvalue weighted by Crippen LogP contribution is 2.44. The Kier molecular flexibility index (Phi) is 8.83. The van der Waals surface area contributed by atoms with Crippen LogP contribution in [0.15, 0.2) is 66.8 Å². The van der Waals surface area contributed by atoms with Crippen LogP contribution in [-0.4, -0.2) is 41.0 Å². The number of halogens is 1. The zero-order valence-electron chi connectivity index (χ0n) is 21.5. The lowest BCUT2D eigenvalue weighted by atomic mass is 9.95. The van der Waals surface area contributed by atoms with E-state index in [9.17, 15) is 19.5 Å². The van der Waals surface area contributed by atoms with E-state index in [0.717, 1.165) is 24.2 Å². The van der Waals surface area contributed by atoms with Crippen LogP contribution in [0.4, 0.5) is 5.13 Å². The van der Waals surface area contributed by atoms with Crippen molar-refractivity contribution in [3.05, 3.63) is 93.5 Å². The maximum absolute atomic E-state index is 13.4. The van der Waals surface area contributed by atoms with Crippen LogP contribution < -0.4 is 9.64 Å². The molecular weight excluding hydrogens is 540 g/mol. The van der Waals surface area contributed by atoms with Gasteiger partial charge in [-0.2, -0.15) is 0 Å². The molecule has 1 aliphatic rings. The summed E-state index contributed by atoms with van der Waals surface area (Å²) in [6.45, 7) is 7.79. The van der Waals surface area contributed by atoms with Crippen molar-refractivity contribution in [3.63, 3.8) is 0 Å². The van der Waals surface area contributed by atoms with Gasteiger partial charge in [0.05, 0.1) is 23.9 Å². The number of aliphatic hydroxyl groups is 1. The molecule has 10 heteroatoms. The Labute approximate surface area is 235 Å². The van der Waals surface area contributed by atoms with E-state index in [1.54, 1.807) is 55.5 Å². The van der Waals surface area contributed by atoms with Crippen LogP contribution in [-0.2, 0) is 14.3 Å². The summed E-state index contributed by atoms with van der Waals surface area (Å²) in [6, 6.07) is 12.3. The molecule has 4 rings (SSSR count). The topological polar surface area (TPSA) is 106 Å². The number of carbonyl (C=O) groups excluding carboxylic acids is 3. The predicted octanol–water partition coefficient (Wildman–Crippen LogP) is 6.25. The van der Waals surface area contributed by atoms with Gasteiger partial charge in [0.1, 0.15) is 23.0 Å². The van der Waals surface area contributed by atoms with E-state index in [4.69, 9.17) is 21.1 Å². The first kappa shape index (κ1) is 28.1. The molecule has 1 amide bonds. The number of benzene rings is 2. The number of hydrogen-bond donors (Lipinski definition) is 1. The van der Waals surface area contributed by atoms with Gasteiger partial charge >= 0.3 is 11.9 Å². The third kappa shape index (κ3) is 5.89. The van der Waals surface area contributed by atoms with Crippen molar-refractivity contribution in [1.82, 2.24) is 4.98 Å². The van der Waals surface area contributed by atoms with Crippen molar-refractivity contribution in [2.75, 3.05) is 18.1 Å². The second kappa shape index (κ2) is 12.3. The van der Waals surface area contributed by atoms with E-state index < -0.39 is 23.7 Å². The summed E-state index contributed by atoms with van der Waals surface area (Å²) in [5.41, 5.74) is 1.05. The number of ketones is 1. The van der Waals surface area contributed by atoms with Crippen molar-refractivity contribution in [2.45, 2.75) is 32.7 Å². The van der Waals surface area contributed by atoms with Crippen LogP contribution in [0.5, 0.6) is 5.75 Å². The highest BCUT2D eigenvalue weighted by Gasteiger charge is 2.48. The minimum atomic E-state index is -1.04. The van der Waals surface area contributed by atoms with Gasteiger partial charge in [-0.1, -0.05) is 61.1 Å². The number of thiazole rings is 1. The lowest BCUT2D eigenvalue weighted by molar-refractivity contribution is -0.132. The van der Waals surface area contributed by atoms with E-state index >= 15 is 0 Å². The molecule has 1 fully saturated rings. The highest BCUT2D eigenvalue weighted by molar-refractivity contribution is 7.17. The molecule has 0 spiro atoms. The Morgan fingerprint density at radius 2 is 1.97 bits per heavy atom. The van der Waals surface area contributed by atoms with E-state index in [1.165, 1.54) is 11.0 Å². The summed E-state index contributed by atoms with van der Waals surface area (Å²) in [5.74, 6) is -2.11. The number of carbonyl (C=O) groups is 3. The third-order valence-corrected chi connectivity index (χ3v) is 7.38. The minimum Gasteiger partial charge on any atom is -0.507 e. The first-order valence-corrected chi connectivity index (χ1v) is 13.5. The largest absolute Gasteiger partial charge is 0.507 e. The van der Waals surface area contributed by atoms with Gasteiger partial charge in [0.2, 0.25) is 0 Å². The molecule has 0 radical (unpaired) electrons. The van der Waals surface area contributed by atoms with Gasteiger partial charge in [0, 0.05) is 10.6 Å². The molecule has 1 aromatic heterocycles. The number of aryl methyl sites for hydroxylation is 1. The molecule has 0 aliphatic carbocycles. The molecule has 0 unspecified atom stereocenters. The van der Waals surface area contributed by atoms with Crippen LogP contribution in [0.3, 0.4) is 0 Å². The van der Waals surface area contributed by atoms with E-state index in [2.05, 4.69) is 18.5 Å². The van der Waals surface area contributed by atoms with Gasteiger partial charge < -0.3 is 14.6 Å². The van der Waals surface area contributed by atoms with Gasteiger partial charge in [-0.3, -0.25) is 14.5 Å². The fourth-order valence-electron chi connectivity index (χ4n) is 4.10. The van der Waals surface area contributed by atoms with Gasteiger partial charge in [0.25, 0.3) is 5.78 Å². The number of rotatable bonds is 10. The van der Waals surface area contributed by atoms with Crippen LogP contribution in [0.25, 0.3) is 5.76 Å². The van der Waals surface area contributed by atoms with Gasteiger partial charge in [-0.15, -0.1) is 0 Å². The standard InChI is InChI=1S/C29H27ClN2O6S/c1-4-6-15-37-21-12-10-18(11-13-21)24(33)22-23(19-8-7-9-20(30)16-19)32(27(35)25(22)34)29-31-17(3)26(39-29)28(36)38-14-5-2/h5,7-13,16,23,33H,2,4,6,14-15H2,1,3H3/t23-/m1/s1. The average Bonchev–Trinajstić information content (AvgIpc) is 3.44. The number of anilines is 1. The zero-order chi connectivity index (χ0) is 28.1. The van der Waals surface area contributed by atoms with Gasteiger partial charge in [0.15, 0.2) is 5.13 Å². The maximum atomic E-state index is 13.4. The Bertz CT molecular complexity index is 1450. The molecule has 8 nitrogen and oxygen atoms in total. The molecule has 1 aliphatic heterocycles. The average molecular weight is 567 g/mol. The van der Waals surface area contributed by atoms with Gasteiger partial charge in [-0.25, -0.2) is 9.78 Å². The quantitative estimate of drug-likeness (QED) is 0.0771. The smallest absolute Gasteiger partial charge is 0.350 e. The van der Waals surface area contributed by atoms with E-state index in [-0.39, 0.29) is 27.9 Å². The van der Waals surface area contributed by atoms with Crippen molar-refractivity contribution in [3.8, 4) is 5.75 Å². The summed E-state index contributed by atoms with van der Waals surface area (Å²) in [7, 11) is 0. The van der Waals surface area contributed by atoms with Crippen LogP contribution >= 0.6 is 22.9 Å². The fourth-order valence-corrected chi connectivity index (χ4v) is 5.28. The number of aromatic nitrogens is 1. The lowest BCUT2D eigenvalue weighted by Gasteiger charge is -2.23. The monoisotopic (exact) mass is 566 g/mol. The summed E-state index contributed by atoms with van der Waals surface area (Å²) in [5, 5.41) is 11.8. The molecular formula is C29H27ClN2O6S. The molecule has 2 heterocycles. The number of aliphatic hydroxyl groups excluding tert-OH is 1. The molecule has 3 aromatic rings. The molecule has 0 saturated carbocycles. The second-order valence-corrected chi connectivity index (χ2v) is 10.2. The number of unbranched alkanes of at least 4 members (excludes halogenated alkanes) is 1. The first-order chi connectivity index (χ1) is 18.8. The molecule has 1 N–H and O–H groups in total. The van der Waals surface area contributed by atoms with E-state index in [0.29, 0.717) is 34.2 Å². The summed E-state index contributed by atoms with van der Waals surface area (Å²) in [4.78, 5) is 45.1. The number of ether oxygens (including phenoxy) is 2. The van der Waals surface area contributed by atoms with Crippen LogP contribution in [0, 0.1) is 6.92 Å².